The lowest BCUT2D eigenvalue weighted by molar-refractivity contribution is 0.204. The second-order valence-corrected chi connectivity index (χ2v) is 4.91. The lowest BCUT2D eigenvalue weighted by atomic mass is 10.0. The van der Waals surface area contributed by atoms with Crippen molar-refractivity contribution in [2.45, 2.75) is 19.8 Å². The fourth-order valence-electron chi connectivity index (χ4n) is 2.18. The van der Waals surface area contributed by atoms with Crippen LogP contribution in [0, 0.1) is 0 Å². The predicted octanol–water partition coefficient (Wildman–Crippen LogP) is 2.25. The fourth-order valence-corrected chi connectivity index (χ4v) is 2.18. The average molecular weight is 247 g/mol. The number of para-hydroxylation sites is 1. The molecule has 1 aliphatic heterocycles. The van der Waals surface area contributed by atoms with Gasteiger partial charge >= 0.3 is 6.03 Å². The molecular weight excluding hydrogens is 226 g/mol. The Morgan fingerprint density at radius 1 is 1.28 bits per heavy atom. The molecule has 1 aromatic carbocycles. The zero-order valence-corrected chi connectivity index (χ0v) is 11.1. The van der Waals surface area contributed by atoms with Gasteiger partial charge in [-0.2, -0.15) is 0 Å². The molecule has 1 aliphatic rings. The number of nitrogens with zero attached hydrogens (tertiary/aromatic N) is 1. The molecule has 0 aromatic heterocycles. The number of rotatable bonds is 2. The van der Waals surface area contributed by atoms with Gasteiger partial charge in [0.1, 0.15) is 0 Å². The monoisotopic (exact) mass is 247 g/mol. The van der Waals surface area contributed by atoms with Crippen LogP contribution < -0.4 is 10.6 Å². The number of hydrogen-bond acceptors (Lipinski definition) is 2. The van der Waals surface area contributed by atoms with Gasteiger partial charge in [-0.1, -0.05) is 32.0 Å². The van der Waals surface area contributed by atoms with Crippen LogP contribution in [0.2, 0.25) is 0 Å². The smallest absolute Gasteiger partial charge is 0.321 e. The summed E-state index contributed by atoms with van der Waals surface area (Å²) in [7, 11) is 0. The Balaban J connectivity index is 2.06. The van der Waals surface area contributed by atoms with Crippen molar-refractivity contribution in [1.29, 1.82) is 0 Å². The maximum absolute atomic E-state index is 12.1. The minimum Gasteiger partial charge on any atom is -0.322 e. The molecule has 0 unspecified atom stereocenters. The highest BCUT2D eigenvalue weighted by atomic mass is 16.2. The maximum Gasteiger partial charge on any atom is 0.321 e. The minimum absolute atomic E-state index is 0.00426. The molecule has 0 aliphatic carbocycles. The molecular formula is C14H21N3O. The van der Waals surface area contributed by atoms with Gasteiger partial charge in [0.2, 0.25) is 0 Å². The molecule has 2 amide bonds. The summed E-state index contributed by atoms with van der Waals surface area (Å²) in [5.74, 6) is 0.407. The molecule has 18 heavy (non-hydrogen) atoms. The number of carbonyl (C=O) groups is 1. The van der Waals surface area contributed by atoms with E-state index >= 15 is 0 Å². The van der Waals surface area contributed by atoms with Crippen molar-refractivity contribution in [2.24, 2.45) is 0 Å². The van der Waals surface area contributed by atoms with E-state index in [9.17, 15) is 4.79 Å². The summed E-state index contributed by atoms with van der Waals surface area (Å²) in [4.78, 5) is 14.0. The SMILES string of the molecule is CC(C)c1ccccc1NC(=O)N1CCNCC1. The van der Waals surface area contributed by atoms with Gasteiger partial charge in [0.05, 0.1) is 0 Å². The second-order valence-electron chi connectivity index (χ2n) is 4.91. The van der Waals surface area contributed by atoms with E-state index in [0.29, 0.717) is 5.92 Å². The second kappa shape index (κ2) is 5.87. The third-order valence-corrected chi connectivity index (χ3v) is 3.23. The van der Waals surface area contributed by atoms with Crippen LogP contribution in [0.15, 0.2) is 24.3 Å². The van der Waals surface area contributed by atoms with E-state index in [0.717, 1.165) is 31.9 Å². The standard InChI is InChI=1S/C14H21N3O/c1-11(2)12-5-3-4-6-13(12)16-14(18)17-9-7-15-8-10-17/h3-6,11,15H,7-10H2,1-2H3,(H,16,18). The number of anilines is 1. The molecule has 2 N–H and O–H groups in total. The molecule has 98 valence electrons. The van der Waals surface area contributed by atoms with Gasteiger partial charge in [-0.25, -0.2) is 4.79 Å². The Kier molecular flexibility index (Phi) is 4.20. The molecule has 0 atom stereocenters. The first-order valence-electron chi connectivity index (χ1n) is 6.54. The summed E-state index contributed by atoms with van der Waals surface area (Å²) < 4.78 is 0. The van der Waals surface area contributed by atoms with E-state index < -0.39 is 0 Å². The number of benzene rings is 1. The van der Waals surface area contributed by atoms with Crippen molar-refractivity contribution >= 4 is 11.7 Å². The van der Waals surface area contributed by atoms with Crippen molar-refractivity contribution in [3.8, 4) is 0 Å². The molecule has 0 radical (unpaired) electrons. The van der Waals surface area contributed by atoms with Gasteiger partial charge in [0.15, 0.2) is 0 Å². The number of nitrogens with one attached hydrogen (secondary N) is 2. The zero-order chi connectivity index (χ0) is 13.0. The van der Waals surface area contributed by atoms with Crippen LogP contribution in [0.4, 0.5) is 10.5 Å². The number of amides is 2. The van der Waals surface area contributed by atoms with Crippen LogP contribution >= 0.6 is 0 Å². The maximum atomic E-state index is 12.1. The van der Waals surface area contributed by atoms with Crippen molar-refractivity contribution in [1.82, 2.24) is 10.2 Å². The zero-order valence-electron chi connectivity index (χ0n) is 11.1. The van der Waals surface area contributed by atoms with E-state index in [1.807, 2.05) is 23.1 Å². The van der Waals surface area contributed by atoms with Crippen LogP contribution in [0.25, 0.3) is 0 Å². The van der Waals surface area contributed by atoms with Gasteiger partial charge in [0.25, 0.3) is 0 Å². The van der Waals surface area contributed by atoms with Gasteiger partial charge in [-0.3, -0.25) is 0 Å². The van der Waals surface area contributed by atoms with Crippen LogP contribution in [0.5, 0.6) is 0 Å². The molecule has 0 spiro atoms. The minimum atomic E-state index is 0.00426. The topological polar surface area (TPSA) is 44.4 Å². The van der Waals surface area contributed by atoms with E-state index in [4.69, 9.17) is 0 Å². The van der Waals surface area contributed by atoms with Crippen molar-refractivity contribution in [3.63, 3.8) is 0 Å². The summed E-state index contributed by atoms with van der Waals surface area (Å²) in [6.07, 6.45) is 0. The molecule has 4 nitrogen and oxygen atoms in total. The van der Waals surface area contributed by atoms with Gasteiger partial charge in [-0.05, 0) is 17.5 Å². The van der Waals surface area contributed by atoms with Crippen LogP contribution in [0.3, 0.4) is 0 Å². The largest absolute Gasteiger partial charge is 0.322 e. The summed E-state index contributed by atoms with van der Waals surface area (Å²) >= 11 is 0. The van der Waals surface area contributed by atoms with E-state index in [1.54, 1.807) is 0 Å². The highest BCUT2D eigenvalue weighted by Gasteiger charge is 2.17. The first-order chi connectivity index (χ1) is 8.68. The molecule has 1 saturated heterocycles. The summed E-state index contributed by atoms with van der Waals surface area (Å²) in [5, 5.41) is 6.26. The number of carbonyl (C=O) groups excluding carboxylic acids is 1. The van der Waals surface area contributed by atoms with Crippen LogP contribution in [-0.4, -0.2) is 37.1 Å². The Morgan fingerprint density at radius 2 is 1.94 bits per heavy atom. The Labute approximate surface area is 108 Å². The molecule has 1 heterocycles. The predicted molar refractivity (Wildman–Crippen MR) is 74.0 cm³/mol. The molecule has 1 aromatic rings. The van der Waals surface area contributed by atoms with E-state index in [1.165, 1.54) is 5.56 Å². The van der Waals surface area contributed by atoms with E-state index in [-0.39, 0.29) is 6.03 Å². The first-order valence-corrected chi connectivity index (χ1v) is 6.54. The van der Waals surface area contributed by atoms with Crippen LogP contribution in [0.1, 0.15) is 25.3 Å². The first kappa shape index (κ1) is 12.9. The lowest BCUT2D eigenvalue weighted by Crippen LogP contribution is -2.48. The summed E-state index contributed by atoms with van der Waals surface area (Å²) in [6.45, 7) is 7.56. The van der Waals surface area contributed by atoms with Gasteiger partial charge < -0.3 is 15.5 Å². The quantitative estimate of drug-likeness (QED) is 0.842. The normalized spacial score (nSPS) is 15.8. The number of hydrogen-bond donors (Lipinski definition) is 2. The third kappa shape index (κ3) is 3.01. The van der Waals surface area contributed by atoms with Crippen molar-refractivity contribution < 1.29 is 4.79 Å². The molecule has 1 fully saturated rings. The Morgan fingerprint density at radius 3 is 2.61 bits per heavy atom. The van der Waals surface area contributed by atoms with E-state index in [2.05, 4.69) is 30.5 Å². The fraction of sp³-hybridized carbons (Fsp3) is 0.500. The van der Waals surface area contributed by atoms with Crippen molar-refractivity contribution in [3.05, 3.63) is 29.8 Å². The number of piperazine rings is 1. The Hall–Kier alpha value is -1.55. The van der Waals surface area contributed by atoms with Crippen molar-refractivity contribution in [2.75, 3.05) is 31.5 Å². The summed E-state index contributed by atoms with van der Waals surface area (Å²) in [5.41, 5.74) is 2.11. The average Bonchev–Trinajstić information content (AvgIpc) is 2.40. The molecule has 0 bridgehead atoms. The Bertz CT molecular complexity index is 411. The molecule has 4 heteroatoms. The summed E-state index contributed by atoms with van der Waals surface area (Å²) in [6, 6.07) is 8.01. The third-order valence-electron chi connectivity index (χ3n) is 3.23. The van der Waals surface area contributed by atoms with Gasteiger partial charge in [-0.15, -0.1) is 0 Å². The lowest BCUT2D eigenvalue weighted by Gasteiger charge is -2.28. The molecule has 0 saturated carbocycles. The molecule has 2 rings (SSSR count). The van der Waals surface area contributed by atoms with Gasteiger partial charge in [0, 0.05) is 31.9 Å². The highest BCUT2D eigenvalue weighted by Crippen LogP contribution is 2.23. The number of urea groups is 1. The van der Waals surface area contributed by atoms with Crippen LogP contribution in [-0.2, 0) is 0 Å². The highest BCUT2D eigenvalue weighted by molar-refractivity contribution is 5.90.